The Labute approximate surface area is 90.5 Å². The number of hydrogen-bond donors (Lipinski definition) is 2. The second-order valence-electron chi connectivity index (χ2n) is 5.67. The van der Waals surface area contributed by atoms with Gasteiger partial charge in [-0.3, -0.25) is 4.79 Å². The molecule has 0 aromatic rings. The van der Waals surface area contributed by atoms with E-state index in [1.54, 1.807) is 0 Å². The first-order chi connectivity index (χ1) is 6.88. The molecule has 0 radical (unpaired) electrons. The third kappa shape index (κ3) is 1.40. The molecule has 3 nitrogen and oxygen atoms in total. The van der Waals surface area contributed by atoms with E-state index in [-0.39, 0.29) is 11.8 Å². The van der Waals surface area contributed by atoms with Crippen molar-refractivity contribution in [3.05, 3.63) is 0 Å². The maximum Gasteiger partial charge on any atom is 0.303 e. The van der Waals surface area contributed by atoms with E-state index in [9.17, 15) is 9.90 Å². The molecule has 2 bridgehead atoms. The van der Waals surface area contributed by atoms with Crippen LogP contribution in [-0.4, -0.2) is 21.8 Å². The highest BCUT2D eigenvalue weighted by molar-refractivity contribution is 5.66. The van der Waals surface area contributed by atoms with E-state index in [1.807, 2.05) is 6.92 Å². The molecule has 2 saturated carbocycles. The summed E-state index contributed by atoms with van der Waals surface area (Å²) in [4.78, 5) is 10.6. The fraction of sp³-hybridized carbons (Fsp3) is 0.917. The Balaban J connectivity index is 2.15. The molecule has 15 heavy (non-hydrogen) atoms. The van der Waals surface area contributed by atoms with Gasteiger partial charge in [0.05, 0.1) is 5.60 Å². The Morgan fingerprint density at radius 2 is 1.93 bits per heavy atom. The van der Waals surface area contributed by atoms with E-state index in [0.29, 0.717) is 18.3 Å². The van der Waals surface area contributed by atoms with E-state index >= 15 is 0 Å². The first-order valence-corrected chi connectivity index (χ1v) is 5.82. The maximum atomic E-state index is 10.6. The Bertz CT molecular complexity index is 285. The van der Waals surface area contributed by atoms with Crippen LogP contribution in [0.4, 0.5) is 0 Å². The number of carbonyl (C=O) groups is 1. The molecule has 3 heteroatoms. The molecule has 0 saturated heterocycles. The molecule has 2 rings (SSSR count). The Morgan fingerprint density at radius 1 is 1.33 bits per heavy atom. The largest absolute Gasteiger partial charge is 0.481 e. The monoisotopic (exact) mass is 212 g/mol. The molecule has 2 aliphatic rings. The van der Waals surface area contributed by atoms with Crippen LogP contribution >= 0.6 is 0 Å². The van der Waals surface area contributed by atoms with Gasteiger partial charge in [0, 0.05) is 6.42 Å². The summed E-state index contributed by atoms with van der Waals surface area (Å²) in [5.74, 6) is 0.160. The lowest BCUT2D eigenvalue weighted by molar-refractivity contribution is -0.141. The van der Waals surface area contributed by atoms with E-state index in [0.717, 1.165) is 19.3 Å². The van der Waals surface area contributed by atoms with E-state index in [4.69, 9.17) is 5.11 Å². The second-order valence-corrected chi connectivity index (χ2v) is 5.67. The summed E-state index contributed by atoms with van der Waals surface area (Å²) in [5, 5.41) is 19.3. The summed E-state index contributed by atoms with van der Waals surface area (Å²) >= 11 is 0. The van der Waals surface area contributed by atoms with Crippen LogP contribution in [-0.2, 0) is 4.79 Å². The minimum absolute atomic E-state index is 0.176. The minimum Gasteiger partial charge on any atom is -0.481 e. The number of aliphatic carboxylic acids is 1. The summed E-state index contributed by atoms with van der Waals surface area (Å²) in [6.45, 7) is 3.97. The van der Waals surface area contributed by atoms with Crippen LogP contribution in [0.5, 0.6) is 0 Å². The van der Waals surface area contributed by atoms with Crippen molar-refractivity contribution in [1.82, 2.24) is 0 Å². The Morgan fingerprint density at radius 3 is 2.40 bits per heavy atom. The number of hydrogen-bond acceptors (Lipinski definition) is 2. The third-order valence-electron chi connectivity index (χ3n) is 5.14. The summed E-state index contributed by atoms with van der Waals surface area (Å²) < 4.78 is 0. The maximum absolute atomic E-state index is 10.6. The van der Waals surface area contributed by atoms with Gasteiger partial charge >= 0.3 is 5.97 Å². The van der Waals surface area contributed by atoms with Crippen LogP contribution in [0.2, 0.25) is 0 Å². The van der Waals surface area contributed by atoms with Crippen molar-refractivity contribution in [2.24, 2.45) is 17.3 Å². The van der Waals surface area contributed by atoms with Crippen molar-refractivity contribution in [2.45, 2.75) is 51.6 Å². The van der Waals surface area contributed by atoms with Gasteiger partial charge in [0.15, 0.2) is 0 Å². The van der Waals surface area contributed by atoms with Crippen LogP contribution in [0.25, 0.3) is 0 Å². The fourth-order valence-electron chi connectivity index (χ4n) is 3.77. The lowest BCUT2D eigenvalue weighted by Crippen LogP contribution is -2.48. The lowest BCUT2D eigenvalue weighted by atomic mass is 9.63. The van der Waals surface area contributed by atoms with Gasteiger partial charge in [-0.15, -0.1) is 0 Å². The first kappa shape index (κ1) is 10.9. The molecule has 2 N–H and O–H groups in total. The van der Waals surface area contributed by atoms with Gasteiger partial charge in [-0.05, 0) is 49.9 Å². The van der Waals surface area contributed by atoms with Gasteiger partial charge < -0.3 is 10.2 Å². The molecule has 2 aliphatic carbocycles. The highest BCUT2D eigenvalue weighted by Crippen LogP contribution is 2.63. The van der Waals surface area contributed by atoms with E-state index in [2.05, 4.69) is 6.92 Å². The van der Waals surface area contributed by atoms with Crippen molar-refractivity contribution >= 4 is 5.97 Å². The molecule has 4 atom stereocenters. The minimum atomic E-state index is -0.755. The van der Waals surface area contributed by atoms with Crippen LogP contribution in [0, 0.1) is 17.3 Å². The smallest absolute Gasteiger partial charge is 0.303 e. The molecule has 86 valence electrons. The van der Waals surface area contributed by atoms with E-state index < -0.39 is 11.6 Å². The van der Waals surface area contributed by atoms with E-state index in [1.165, 1.54) is 0 Å². The molecule has 0 aliphatic heterocycles. The van der Waals surface area contributed by atoms with Crippen molar-refractivity contribution in [2.75, 3.05) is 0 Å². The summed E-state index contributed by atoms with van der Waals surface area (Å²) in [5.41, 5.74) is -0.848. The molecule has 4 unspecified atom stereocenters. The zero-order valence-corrected chi connectivity index (χ0v) is 9.49. The molecule has 0 aromatic heterocycles. The topological polar surface area (TPSA) is 57.5 Å². The van der Waals surface area contributed by atoms with Gasteiger partial charge in [0.1, 0.15) is 0 Å². The average Bonchev–Trinajstić information content (AvgIpc) is 2.67. The predicted molar refractivity (Wildman–Crippen MR) is 56.4 cm³/mol. The average molecular weight is 212 g/mol. The number of rotatable bonds is 3. The SMILES string of the molecule is CC1(O)C2CCC(C2)C1(C)CCC(=O)O. The standard InChI is InChI=1S/C12H20O3/c1-11(6-5-10(13)14)8-3-4-9(7-8)12(11,2)15/h8-9,15H,3-7H2,1-2H3,(H,13,14). The van der Waals surface area contributed by atoms with Crippen LogP contribution < -0.4 is 0 Å². The lowest BCUT2D eigenvalue weighted by Gasteiger charge is -2.46. The van der Waals surface area contributed by atoms with Gasteiger partial charge in [-0.1, -0.05) is 6.92 Å². The van der Waals surface area contributed by atoms with Crippen LogP contribution in [0.15, 0.2) is 0 Å². The Hall–Kier alpha value is -0.570. The molecule has 0 aromatic carbocycles. The predicted octanol–water partition coefficient (Wildman–Crippen LogP) is 2.04. The van der Waals surface area contributed by atoms with Crippen molar-refractivity contribution in [3.63, 3.8) is 0 Å². The zero-order valence-electron chi connectivity index (χ0n) is 9.49. The molecule has 0 heterocycles. The van der Waals surface area contributed by atoms with Gasteiger partial charge in [-0.25, -0.2) is 0 Å². The summed E-state index contributed by atoms with van der Waals surface area (Å²) in [6, 6.07) is 0. The number of carboxylic acid groups (broad SMARTS) is 1. The summed E-state index contributed by atoms with van der Waals surface area (Å²) in [6.07, 6.45) is 4.15. The first-order valence-electron chi connectivity index (χ1n) is 5.82. The summed E-state index contributed by atoms with van der Waals surface area (Å²) in [7, 11) is 0. The third-order valence-corrected chi connectivity index (χ3v) is 5.14. The second kappa shape index (κ2) is 3.21. The molecule has 0 amide bonds. The Kier molecular flexibility index (Phi) is 2.34. The number of fused-ring (bicyclic) bond motifs is 2. The fourth-order valence-corrected chi connectivity index (χ4v) is 3.77. The molecular formula is C12H20O3. The zero-order chi connectivity index (χ0) is 11.3. The highest BCUT2D eigenvalue weighted by atomic mass is 16.4. The molecule has 2 fully saturated rings. The molecular weight excluding hydrogens is 192 g/mol. The van der Waals surface area contributed by atoms with Crippen molar-refractivity contribution < 1.29 is 15.0 Å². The normalized spacial score (nSPS) is 48.5. The van der Waals surface area contributed by atoms with Gasteiger partial charge in [0.25, 0.3) is 0 Å². The number of carboxylic acids is 1. The highest BCUT2D eigenvalue weighted by Gasteiger charge is 2.61. The van der Waals surface area contributed by atoms with Gasteiger partial charge in [0.2, 0.25) is 0 Å². The van der Waals surface area contributed by atoms with Gasteiger partial charge in [-0.2, -0.15) is 0 Å². The van der Waals surface area contributed by atoms with Crippen molar-refractivity contribution in [3.8, 4) is 0 Å². The van der Waals surface area contributed by atoms with Crippen molar-refractivity contribution in [1.29, 1.82) is 0 Å². The van der Waals surface area contributed by atoms with Crippen LogP contribution in [0.1, 0.15) is 46.0 Å². The quantitative estimate of drug-likeness (QED) is 0.752. The molecule has 0 spiro atoms. The number of aliphatic hydroxyl groups is 1. The van der Waals surface area contributed by atoms with Crippen LogP contribution in [0.3, 0.4) is 0 Å².